The van der Waals surface area contributed by atoms with Gasteiger partial charge in [0.25, 0.3) is 11.8 Å². The van der Waals surface area contributed by atoms with E-state index >= 15 is 0 Å². The van der Waals surface area contributed by atoms with Crippen LogP contribution in [0.15, 0.2) is 18.2 Å². The van der Waals surface area contributed by atoms with E-state index < -0.39 is 6.10 Å². The first-order valence-corrected chi connectivity index (χ1v) is 8.81. The maximum atomic E-state index is 12.3. The Labute approximate surface area is 155 Å². The van der Waals surface area contributed by atoms with Crippen molar-refractivity contribution in [3.8, 4) is 5.75 Å². The highest BCUT2D eigenvalue weighted by Crippen LogP contribution is 2.25. The van der Waals surface area contributed by atoms with E-state index in [1.807, 2.05) is 6.92 Å². The highest BCUT2D eigenvalue weighted by molar-refractivity contribution is 7.17. The first-order chi connectivity index (χ1) is 11.7. The molecular formula is C17H20ClN3O3S. The van der Waals surface area contributed by atoms with Crippen LogP contribution in [0.2, 0.25) is 5.02 Å². The summed E-state index contributed by atoms with van der Waals surface area (Å²) >= 11 is 7.06. The predicted octanol–water partition coefficient (Wildman–Crippen LogP) is 3.52. The molecule has 1 N–H and O–H groups in total. The van der Waals surface area contributed by atoms with Gasteiger partial charge in [0.2, 0.25) is 0 Å². The van der Waals surface area contributed by atoms with Crippen molar-refractivity contribution in [2.24, 2.45) is 0 Å². The highest BCUT2D eigenvalue weighted by atomic mass is 35.5. The number of nitrogens with one attached hydrogen (secondary N) is 1. The molecule has 0 saturated carbocycles. The van der Waals surface area contributed by atoms with Crippen molar-refractivity contribution >= 4 is 39.9 Å². The van der Waals surface area contributed by atoms with Gasteiger partial charge in [0.15, 0.2) is 11.2 Å². The standard InChI is InChI=1S/C17H20ClN3O3S/c1-9-8-12(18)6-7-13(9)24-11(3)15(22)20-17-19-10(2)14(25-17)16(23)21(4)5/h6-8,11H,1-5H3,(H,19,20,22). The van der Waals surface area contributed by atoms with Crippen LogP contribution < -0.4 is 10.1 Å². The van der Waals surface area contributed by atoms with Gasteiger partial charge in [0.05, 0.1) is 5.69 Å². The van der Waals surface area contributed by atoms with E-state index in [0.717, 1.165) is 16.9 Å². The molecule has 0 spiro atoms. The Morgan fingerprint density at radius 2 is 2.00 bits per heavy atom. The van der Waals surface area contributed by atoms with Crippen molar-refractivity contribution in [2.75, 3.05) is 19.4 Å². The van der Waals surface area contributed by atoms with Crippen LogP contribution in [0.3, 0.4) is 0 Å². The van der Waals surface area contributed by atoms with Crippen molar-refractivity contribution in [1.82, 2.24) is 9.88 Å². The normalized spacial score (nSPS) is 11.8. The second kappa shape index (κ2) is 7.84. The van der Waals surface area contributed by atoms with Gasteiger partial charge < -0.3 is 9.64 Å². The van der Waals surface area contributed by atoms with Crippen LogP contribution in [0.5, 0.6) is 5.75 Å². The summed E-state index contributed by atoms with van der Waals surface area (Å²) in [7, 11) is 3.34. The molecule has 25 heavy (non-hydrogen) atoms. The second-order valence-corrected chi connectivity index (χ2v) is 7.23. The molecule has 2 amide bonds. The number of carbonyl (C=O) groups is 2. The summed E-state index contributed by atoms with van der Waals surface area (Å²) < 4.78 is 5.69. The van der Waals surface area contributed by atoms with Crippen LogP contribution in [-0.4, -0.2) is 41.9 Å². The van der Waals surface area contributed by atoms with Gasteiger partial charge in [-0.2, -0.15) is 0 Å². The molecule has 1 aromatic carbocycles. The van der Waals surface area contributed by atoms with Gasteiger partial charge in [-0.05, 0) is 44.5 Å². The minimum atomic E-state index is -0.725. The molecule has 2 rings (SSSR count). The summed E-state index contributed by atoms with van der Waals surface area (Å²) in [6.45, 7) is 5.24. The van der Waals surface area contributed by atoms with Crippen LogP contribution >= 0.6 is 22.9 Å². The van der Waals surface area contributed by atoms with Crippen molar-refractivity contribution < 1.29 is 14.3 Å². The summed E-state index contributed by atoms with van der Waals surface area (Å²) in [5.74, 6) is 0.106. The monoisotopic (exact) mass is 381 g/mol. The maximum absolute atomic E-state index is 12.3. The molecule has 1 unspecified atom stereocenters. The van der Waals surface area contributed by atoms with E-state index in [-0.39, 0.29) is 11.8 Å². The Morgan fingerprint density at radius 3 is 2.60 bits per heavy atom. The number of aromatic nitrogens is 1. The topological polar surface area (TPSA) is 71.5 Å². The fourth-order valence-electron chi connectivity index (χ4n) is 2.05. The molecule has 0 fully saturated rings. The zero-order valence-electron chi connectivity index (χ0n) is 14.7. The number of nitrogens with zero attached hydrogens (tertiary/aromatic N) is 2. The first-order valence-electron chi connectivity index (χ1n) is 7.61. The van der Waals surface area contributed by atoms with Gasteiger partial charge in [-0.15, -0.1) is 0 Å². The van der Waals surface area contributed by atoms with Crippen LogP contribution in [0.1, 0.15) is 27.9 Å². The van der Waals surface area contributed by atoms with Crippen molar-refractivity contribution in [3.05, 3.63) is 39.4 Å². The summed E-state index contributed by atoms with van der Waals surface area (Å²) in [4.78, 5) is 30.6. The predicted molar refractivity (Wildman–Crippen MR) is 99.8 cm³/mol. The minimum Gasteiger partial charge on any atom is -0.481 e. The molecule has 0 saturated heterocycles. The lowest BCUT2D eigenvalue weighted by Crippen LogP contribution is -2.30. The van der Waals surface area contributed by atoms with Crippen molar-refractivity contribution in [3.63, 3.8) is 0 Å². The van der Waals surface area contributed by atoms with E-state index in [9.17, 15) is 9.59 Å². The smallest absolute Gasteiger partial charge is 0.266 e. The second-order valence-electron chi connectivity index (χ2n) is 5.79. The number of hydrogen-bond acceptors (Lipinski definition) is 5. The van der Waals surface area contributed by atoms with Gasteiger partial charge in [0, 0.05) is 19.1 Å². The van der Waals surface area contributed by atoms with E-state index in [1.165, 1.54) is 4.90 Å². The Kier molecular flexibility index (Phi) is 6.02. The van der Waals surface area contributed by atoms with Crippen molar-refractivity contribution in [1.29, 1.82) is 0 Å². The number of thiazole rings is 1. The molecule has 0 radical (unpaired) electrons. The van der Waals surface area contributed by atoms with Crippen LogP contribution in [0.25, 0.3) is 0 Å². The summed E-state index contributed by atoms with van der Waals surface area (Å²) in [5, 5.41) is 3.68. The van der Waals surface area contributed by atoms with E-state index in [1.54, 1.807) is 46.1 Å². The van der Waals surface area contributed by atoms with E-state index in [4.69, 9.17) is 16.3 Å². The molecule has 1 heterocycles. The molecule has 0 aliphatic carbocycles. The minimum absolute atomic E-state index is 0.142. The Morgan fingerprint density at radius 1 is 1.32 bits per heavy atom. The molecule has 1 atom stereocenters. The molecule has 0 aliphatic heterocycles. The molecule has 1 aromatic heterocycles. The lowest BCUT2D eigenvalue weighted by Gasteiger charge is -2.15. The number of ether oxygens (including phenoxy) is 1. The van der Waals surface area contributed by atoms with Gasteiger partial charge in [-0.1, -0.05) is 22.9 Å². The summed E-state index contributed by atoms with van der Waals surface area (Å²) in [5.41, 5.74) is 1.43. The molecule has 2 aromatic rings. The molecule has 8 heteroatoms. The zero-order chi connectivity index (χ0) is 18.7. The fourth-order valence-corrected chi connectivity index (χ4v) is 3.26. The first kappa shape index (κ1) is 19.2. The van der Waals surface area contributed by atoms with Gasteiger partial charge in [-0.25, -0.2) is 4.98 Å². The lowest BCUT2D eigenvalue weighted by atomic mass is 10.2. The third-order valence-electron chi connectivity index (χ3n) is 3.44. The number of aryl methyl sites for hydroxylation is 2. The number of anilines is 1. The number of benzene rings is 1. The van der Waals surface area contributed by atoms with Crippen LogP contribution in [0, 0.1) is 13.8 Å². The number of hydrogen-bond donors (Lipinski definition) is 1. The zero-order valence-corrected chi connectivity index (χ0v) is 16.3. The van der Waals surface area contributed by atoms with E-state index in [2.05, 4.69) is 10.3 Å². The number of carbonyl (C=O) groups excluding carboxylic acids is 2. The Balaban J connectivity index is 2.06. The van der Waals surface area contributed by atoms with Gasteiger partial charge >= 0.3 is 0 Å². The van der Waals surface area contributed by atoms with Crippen molar-refractivity contribution in [2.45, 2.75) is 26.9 Å². The average molecular weight is 382 g/mol. The quantitative estimate of drug-likeness (QED) is 0.860. The number of rotatable bonds is 5. The van der Waals surface area contributed by atoms with Gasteiger partial charge in [0.1, 0.15) is 10.6 Å². The molecule has 134 valence electrons. The largest absolute Gasteiger partial charge is 0.481 e. The van der Waals surface area contributed by atoms with Crippen LogP contribution in [0.4, 0.5) is 5.13 Å². The fraction of sp³-hybridized carbons (Fsp3) is 0.353. The number of halogens is 1. The maximum Gasteiger partial charge on any atom is 0.266 e. The highest BCUT2D eigenvalue weighted by Gasteiger charge is 2.21. The van der Waals surface area contributed by atoms with Crippen LogP contribution in [-0.2, 0) is 4.79 Å². The SMILES string of the molecule is Cc1cc(Cl)ccc1OC(C)C(=O)Nc1nc(C)c(C(=O)N(C)C)s1. The molecular weight excluding hydrogens is 362 g/mol. The Bertz CT molecular complexity index is 804. The Hall–Kier alpha value is -2.12. The third-order valence-corrected chi connectivity index (χ3v) is 4.73. The van der Waals surface area contributed by atoms with Gasteiger partial charge in [-0.3, -0.25) is 14.9 Å². The number of amides is 2. The lowest BCUT2D eigenvalue weighted by molar-refractivity contribution is -0.122. The average Bonchev–Trinajstić information content (AvgIpc) is 2.89. The summed E-state index contributed by atoms with van der Waals surface area (Å²) in [6.07, 6.45) is -0.725. The molecule has 0 aliphatic rings. The molecule has 0 bridgehead atoms. The summed E-state index contributed by atoms with van der Waals surface area (Å²) in [6, 6.07) is 5.20. The molecule has 6 nitrogen and oxygen atoms in total. The third kappa shape index (κ3) is 4.70. The van der Waals surface area contributed by atoms with E-state index in [0.29, 0.717) is 26.5 Å².